The van der Waals surface area contributed by atoms with Gasteiger partial charge >= 0.3 is 0 Å². The summed E-state index contributed by atoms with van der Waals surface area (Å²) in [5.74, 6) is 0.0267. The van der Waals surface area contributed by atoms with Crippen molar-refractivity contribution >= 4 is 18.3 Å². The summed E-state index contributed by atoms with van der Waals surface area (Å²) < 4.78 is 23.0. The van der Waals surface area contributed by atoms with Gasteiger partial charge in [0.25, 0.3) is 6.47 Å². The highest BCUT2D eigenvalue weighted by molar-refractivity contribution is 5.87. The Hall–Kier alpha value is -2.57. The molecule has 0 aromatic carbocycles. The summed E-state index contributed by atoms with van der Waals surface area (Å²) in [7, 11) is 1.94. The van der Waals surface area contributed by atoms with Crippen molar-refractivity contribution < 1.29 is 38.4 Å². The average molecular weight is 604 g/mol. The molecule has 11 heteroatoms. The Morgan fingerprint density at radius 1 is 1.19 bits per heavy atom. The van der Waals surface area contributed by atoms with Crippen LogP contribution in [0.15, 0.2) is 36.0 Å². The monoisotopic (exact) mass is 603 g/mol. The number of rotatable bonds is 11. The quantitative estimate of drug-likeness (QED) is 0.158. The van der Waals surface area contributed by atoms with Crippen LogP contribution in [0.3, 0.4) is 0 Å². The van der Waals surface area contributed by atoms with Crippen LogP contribution >= 0.6 is 0 Å². The summed E-state index contributed by atoms with van der Waals surface area (Å²) in [4.78, 5) is 35.8. The lowest BCUT2D eigenvalue weighted by Crippen LogP contribution is -2.53. The molecule has 0 saturated carbocycles. The molecule has 0 radical (unpaired) electrons. The van der Waals surface area contributed by atoms with Gasteiger partial charge in [0.15, 0.2) is 0 Å². The number of epoxide rings is 1. The molecule has 1 spiro atoms. The van der Waals surface area contributed by atoms with Gasteiger partial charge in [-0.2, -0.15) is 0 Å². The average Bonchev–Trinajstić information content (AvgIpc) is 3.74. The van der Waals surface area contributed by atoms with Crippen LogP contribution in [0.1, 0.15) is 66.2 Å². The van der Waals surface area contributed by atoms with Gasteiger partial charge in [0.05, 0.1) is 37.4 Å². The van der Waals surface area contributed by atoms with Crippen molar-refractivity contribution in [2.24, 2.45) is 5.92 Å². The fourth-order valence-electron chi connectivity index (χ4n) is 6.23. The highest BCUT2D eigenvalue weighted by Crippen LogP contribution is 2.43. The van der Waals surface area contributed by atoms with Crippen LogP contribution in [-0.2, 0) is 33.3 Å². The fraction of sp³-hybridized carbons (Fsp3) is 0.719. The lowest BCUT2D eigenvalue weighted by Gasteiger charge is -2.39. The molecule has 2 N–H and O–H groups in total. The van der Waals surface area contributed by atoms with E-state index in [1.807, 2.05) is 43.1 Å². The zero-order valence-corrected chi connectivity index (χ0v) is 26.1. The van der Waals surface area contributed by atoms with Gasteiger partial charge in [0, 0.05) is 32.6 Å². The minimum Gasteiger partial charge on any atom is -0.461 e. The van der Waals surface area contributed by atoms with Gasteiger partial charge in [-0.1, -0.05) is 30.7 Å². The summed E-state index contributed by atoms with van der Waals surface area (Å²) in [5.41, 5.74) is 0.388. The molecule has 0 bridgehead atoms. The van der Waals surface area contributed by atoms with Crippen molar-refractivity contribution in [3.05, 3.63) is 36.0 Å². The van der Waals surface area contributed by atoms with E-state index in [1.165, 1.54) is 12.2 Å². The number of hydrazine groups is 1. The van der Waals surface area contributed by atoms with Gasteiger partial charge in [-0.05, 0) is 58.4 Å². The predicted molar refractivity (Wildman–Crippen MR) is 159 cm³/mol. The van der Waals surface area contributed by atoms with Gasteiger partial charge in [-0.3, -0.25) is 19.4 Å². The van der Waals surface area contributed by atoms with Gasteiger partial charge in [-0.15, -0.1) is 0 Å². The summed E-state index contributed by atoms with van der Waals surface area (Å²) >= 11 is 0. The van der Waals surface area contributed by atoms with Gasteiger partial charge < -0.3 is 29.4 Å². The number of amides is 2. The number of ether oxygens (including phenoxy) is 4. The fourth-order valence-corrected chi connectivity index (χ4v) is 6.23. The van der Waals surface area contributed by atoms with Crippen molar-refractivity contribution in [2.75, 3.05) is 26.7 Å². The number of nitrogens with zero attached hydrogens (tertiary/aromatic N) is 2. The number of aliphatic hydroxyl groups is 1. The minimum atomic E-state index is -0.786. The number of hydrogen-bond acceptors (Lipinski definition) is 9. The zero-order valence-electron chi connectivity index (χ0n) is 26.1. The van der Waals surface area contributed by atoms with Crippen molar-refractivity contribution in [3.63, 3.8) is 0 Å². The Morgan fingerprint density at radius 2 is 1.93 bits per heavy atom. The van der Waals surface area contributed by atoms with E-state index in [-0.39, 0.29) is 48.5 Å². The zero-order chi connectivity index (χ0) is 31.1. The van der Waals surface area contributed by atoms with Crippen LogP contribution in [-0.4, -0.2) is 108 Å². The topological polar surface area (TPSA) is 130 Å². The summed E-state index contributed by atoms with van der Waals surface area (Å²) in [6.07, 6.45) is 10.9. The van der Waals surface area contributed by atoms with E-state index in [2.05, 4.69) is 18.3 Å². The molecule has 43 heavy (non-hydrogen) atoms. The summed E-state index contributed by atoms with van der Waals surface area (Å²) in [5, 5.41) is 17.8. The molecule has 4 fully saturated rings. The first kappa shape index (κ1) is 33.3. The molecule has 0 aliphatic carbocycles. The highest BCUT2D eigenvalue weighted by Gasteiger charge is 2.58. The molecule has 4 saturated heterocycles. The van der Waals surface area contributed by atoms with Gasteiger partial charge in [-0.25, -0.2) is 5.01 Å². The molecular weight excluding hydrogens is 554 g/mol. The van der Waals surface area contributed by atoms with Crippen LogP contribution in [0.5, 0.6) is 0 Å². The first-order valence-electron chi connectivity index (χ1n) is 15.6. The molecule has 9 atom stereocenters. The third-order valence-corrected chi connectivity index (χ3v) is 9.05. The molecule has 240 valence electrons. The van der Waals surface area contributed by atoms with Crippen LogP contribution < -0.4 is 5.32 Å². The lowest BCUT2D eigenvalue weighted by molar-refractivity contribution is -0.164. The maximum Gasteiger partial charge on any atom is 0.293 e. The first-order valence-corrected chi connectivity index (χ1v) is 15.6. The molecule has 4 aliphatic heterocycles. The molecule has 0 aromatic heterocycles. The number of allylic oxidation sites excluding steroid dienone is 2. The molecule has 2 amide bonds. The second-order valence-electron chi connectivity index (χ2n) is 12.6. The van der Waals surface area contributed by atoms with Crippen molar-refractivity contribution in [1.82, 2.24) is 15.3 Å². The highest BCUT2D eigenvalue weighted by atomic mass is 16.6. The summed E-state index contributed by atoms with van der Waals surface area (Å²) in [6, 6.07) is -0.118. The number of carbonyl (C=O) groups excluding carboxylic acids is 3. The lowest BCUT2D eigenvalue weighted by atomic mass is 9.87. The van der Waals surface area contributed by atoms with Crippen LogP contribution in [0.4, 0.5) is 0 Å². The Morgan fingerprint density at radius 3 is 2.63 bits per heavy atom. The van der Waals surface area contributed by atoms with Crippen LogP contribution in [0.2, 0.25) is 0 Å². The maximum atomic E-state index is 13.0. The molecular formula is C32H49N3O8. The Bertz CT molecular complexity index is 1070. The second kappa shape index (κ2) is 14.9. The summed E-state index contributed by atoms with van der Waals surface area (Å²) in [6.45, 7) is 10.2. The van der Waals surface area contributed by atoms with E-state index >= 15 is 0 Å². The standard InChI is InChI=1S/C32H49N3O8/c1-21(8-11-27-22(2)16-26(24(4)42-27)33-29(37)13-10-23(3)40-20-36)9-12-28-31(39)32(19-41-32)18-25(43-28)17-30(38)35-15-7-6-14-34(35)5/h8-10,12-13,20,22-28,31,39H,6-7,11,14-19H2,1-5H3,(H,33,37)/b12-9+,13-10-,21-8+/t22-,23?,24?,25+,26+,27?,28?,31+,32?/m0/s1. The maximum absolute atomic E-state index is 13.0. The Kier molecular flexibility index (Phi) is 11.6. The Labute approximate surface area is 255 Å². The molecule has 4 aliphatic rings. The molecule has 4 rings (SSSR count). The third-order valence-electron chi connectivity index (χ3n) is 9.05. The smallest absolute Gasteiger partial charge is 0.293 e. The van der Waals surface area contributed by atoms with E-state index in [1.54, 1.807) is 6.92 Å². The molecule has 0 aromatic rings. The van der Waals surface area contributed by atoms with Gasteiger partial charge in [0.1, 0.15) is 23.9 Å². The molecule has 4 heterocycles. The number of aliphatic hydroxyl groups excluding tert-OH is 1. The van der Waals surface area contributed by atoms with Crippen molar-refractivity contribution in [3.8, 4) is 0 Å². The second-order valence-corrected chi connectivity index (χ2v) is 12.6. The van der Waals surface area contributed by atoms with E-state index in [4.69, 9.17) is 18.9 Å². The van der Waals surface area contributed by atoms with E-state index in [0.717, 1.165) is 37.9 Å². The number of nitrogens with one attached hydrogen (secondary N) is 1. The van der Waals surface area contributed by atoms with E-state index in [0.29, 0.717) is 25.9 Å². The Balaban J connectivity index is 1.28. The van der Waals surface area contributed by atoms with Crippen molar-refractivity contribution in [2.45, 2.75) is 114 Å². The minimum absolute atomic E-state index is 0.00558. The number of carbonyl (C=O) groups is 3. The van der Waals surface area contributed by atoms with E-state index < -0.39 is 23.9 Å². The van der Waals surface area contributed by atoms with Gasteiger partial charge in [0.2, 0.25) is 11.8 Å². The number of hydrogen-bond donors (Lipinski definition) is 2. The third kappa shape index (κ3) is 8.98. The normalized spacial score (nSPS) is 36.2. The van der Waals surface area contributed by atoms with E-state index in [9.17, 15) is 19.5 Å². The SMILES string of the molecule is CC(/C=C/C1O[C@H](CC(=O)N2CCCCN2C)CC2(CO2)[C@@H]1O)=C\CC1OC(C)[C@H](NC(=O)/C=C\C(C)OC=O)C[C@@H]1C. The predicted octanol–water partition coefficient (Wildman–Crippen LogP) is 2.44. The molecule has 11 nitrogen and oxygen atoms in total. The molecule has 5 unspecified atom stereocenters. The first-order chi connectivity index (χ1) is 20.5. The van der Waals surface area contributed by atoms with Crippen LogP contribution in [0, 0.1) is 5.92 Å². The van der Waals surface area contributed by atoms with Crippen molar-refractivity contribution in [1.29, 1.82) is 0 Å². The largest absolute Gasteiger partial charge is 0.461 e. The van der Waals surface area contributed by atoms with Crippen LogP contribution in [0.25, 0.3) is 0 Å².